The van der Waals surface area contributed by atoms with Crippen molar-refractivity contribution in [2.45, 2.75) is 69.9 Å². The van der Waals surface area contributed by atoms with Gasteiger partial charge in [-0.25, -0.2) is 4.79 Å². The van der Waals surface area contributed by atoms with Gasteiger partial charge in [0.15, 0.2) is 0 Å². The molecule has 0 fully saturated rings. The number of nitrogens with one attached hydrogen (secondary N) is 1. The van der Waals surface area contributed by atoms with Gasteiger partial charge >= 0.3 is 6.09 Å². The summed E-state index contributed by atoms with van der Waals surface area (Å²) in [7, 11) is 0. The van der Waals surface area contributed by atoms with Crippen LogP contribution in [0.15, 0.2) is 0 Å². The number of hydrogen-bond donors (Lipinski definition) is 6. The van der Waals surface area contributed by atoms with Gasteiger partial charge in [-0.3, -0.25) is 9.59 Å². The first-order valence-corrected chi connectivity index (χ1v) is 11.2. The molecule has 0 unspecified atom stereocenters. The molecule has 0 bridgehead atoms. The number of rotatable bonds is 19. The molecule has 31 heavy (non-hydrogen) atoms. The van der Waals surface area contributed by atoms with Gasteiger partial charge in [-0.05, 0) is 58.2 Å². The number of ether oxygens (including phenoxy) is 1. The molecule has 2 atom stereocenters. The highest BCUT2D eigenvalue weighted by atomic mass is 16.5. The molecule has 0 saturated heterocycles. The summed E-state index contributed by atoms with van der Waals surface area (Å²) < 4.78 is 4.84. The van der Waals surface area contributed by atoms with E-state index in [2.05, 4.69) is 5.32 Å². The molecule has 0 aliphatic carbocycles. The summed E-state index contributed by atoms with van der Waals surface area (Å²) in [6.07, 6.45) is 5.73. The van der Waals surface area contributed by atoms with E-state index in [-0.39, 0.29) is 25.0 Å². The summed E-state index contributed by atoms with van der Waals surface area (Å²) in [5.41, 5.74) is 27.6. The van der Waals surface area contributed by atoms with Gasteiger partial charge in [-0.15, -0.1) is 0 Å². The molecule has 11 nitrogen and oxygen atoms in total. The number of carbonyl (C=O) groups is 3. The van der Waals surface area contributed by atoms with Crippen molar-refractivity contribution < 1.29 is 19.1 Å². The topological polar surface area (TPSA) is 206 Å². The lowest BCUT2D eigenvalue weighted by atomic mass is 10.1. The molecule has 0 rings (SSSR count). The van der Waals surface area contributed by atoms with Crippen molar-refractivity contribution in [2.75, 3.05) is 39.3 Å². The van der Waals surface area contributed by atoms with Gasteiger partial charge in [0.05, 0.1) is 18.6 Å². The molecular formula is C20H43N7O4. The molecule has 11 N–H and O–H groups in total. The predicted molar refractivity (Wildman–Crippen MR) is 121 cm³/mol. The minimum Gasteiger partial charge on any atom is -0.448 e. The van der Waals surface area contributed by atoms with Crippen LogP contribution in [0.1, 0.15) is 57.8 Å². The first kappa shape index (κ1) is 29.1. The van der Waals surface area contributed by atoms with Crippen LogP contribution in [0, 0.1) is 0 Å². The number of unbranched alkanes of at least 4 members (excludes halogenated alkanes) is 4. The van der Waals surface area contributed by atoms with E-state index < -0.39 is 18.2 Å². The van der Waals surface area contributed by atoms with Crippen LogP contribution >= 0.6 is 0 Å². The Morgan fingerprint density at radius 1 is 0.839 bits per heavy atom. The largest absolute Gasteiger partial charge is 0.448 e. The Balaban J connectivity index is 4.92. The lowest BCUT2D eigenvalue weighted by molar-refractivity contribution is -0.137. The van der Waals surface area contributed by atoms with Crippen LogP contribution in [0.3, 0.4) is 0 Å². The zero-order valence-electron chi connectivity index (χ0n) is 18.7. The summed E-state index contributed by atoms with van der Waals surface area (Å²) in [6, 6.07) is -1.08. The Morgan fingerprint density at radius 2 is 1.42 bits per heavy atom. The maximum absolute atomic E-state index is 12.8. The molecule has 3 amide bonds. The first-order valence-electron chi connectivity index (χ1n) is 11.2. The third-order valence-electron chi connectivity index (χ3n) is 4.86. The number of primary amides is 1. The van der Waals surface area contributed by atoms with Gasteiger partial charge < -0.3 is 43.6 Å². The van der Waals surface area contributed by atoms with E-state index >= 15 is 0 Å². The molecule has 182 valence electrons. The van der Waals surface area contributed by atoms with E-state index in [1.165, 1.54) is 4.90 Å². The lowest BCUT2D eigenvalue weighted by Crippen LogP contribution is -2.50. The number of nitrogens with zero attached hydrogens (tertiary/aromatic N) is 1. The van der Waals surface area contributed by atoms with Crippen LogP contribution in [0.2, 0.25) is 0 Å². The van der Waals surface area contributed by atoms with Gasteiger partial charge in [0, 0.05) is 6.54 Å². The third kappa shape index (κ3) is 15.5. The third-order valence-corrected chi connectivity index (χ3v) is 4.86. The minimum atomic E-state index is -0.904. The summed E-state index contributed by atoms with van der Waals surface area (Å²) in [5.74, 6) is -0.597. The molecule has 0 aliphatic heterocycles. The van der Waals surface area contributed by atoms with Crippen LogP contribution in [0.5, 0.6) is 0 Å². The van der Waals surface area contributed by atoms with Crippen molar-refractivity contribution >= 4 is 17.9 Å². The normalized spacial score (nSPS) is 12.8. The average Bonchev–Trinajstić information content (AvgIpc) is 2.73. The standard InChI is InChI=1S/C20H43N7O4/c21-10-4-1-7-13-27(19(29)17(24)9-3-6-12-23)14-18(28)26-16(8-2-5-11-22)15-31-20(25)30/h16-17H,1-15,21-24H2,(H2,25,30)(H,26,28)/t16-,17-/m1/s1. The predicted octanol–water partition coefficient (Wildman–Crippen LogP) is -0.891. The van der Waals surface area contributed by atoms with Crippen molar-refractivity contribution in [1.82, 2.24) is 10.2 Å². The quantitative estimate of drug-likeness (QED) is 0.137. The number of amides is 3. The van der Waals surface area contributed by atoms with Crippen LogP contribution in [0.25, 0.3) is 0 Å². The maximum Gasteiger partial charge on any atom is 0.404 e. The number of nitrogens with two attached hydrogens (primary N) is 5. The Labute approximate surface area is 185 Å². The zero-order chi connectivity index (χ0) is 23.5. The van der Waals surface area contributed by atoms with Crippen molar-refractivity contribution in [3.8, 4) is 0 Å². The Kier molecular flexibility index (Phi) is 17.6. The summed E-state index contributed by atoms with van der Waals surface area (Å²) in [5, 5.41) is 2.83. The Hall–Kier alpha value is -1.95. The van der Waals surface area contributed by atoms with Crippen molar-refractivity contribution in [3.63, 3.8) is 0 Å². The minimum absolute atomic E-state index is 0.0330. The molecule has 11 heteroatoms. The molecule has 0 aliphatic rings. The SMILES string of the molecule is NCCCCCN(CC(=O)N[C@H](CCCCN)COC(N)=O)C(=O)[C@H](N)CCCCN. The van der Waals surface area contributed by atoms with Gasteiger partial charge in [-0.1, -0.05) is 19.3 Å². The molecule has 0 heterocycles. The van der Waals surface area contributed by atoms with E-state index in [1.807, 2.05) is 0 Å². The maximum atomic E-state index is 12.8. The molecule has 0 aromatic heterocycles. The fourth-order valence-electron chi connectivity index (χ4n) is 3.12. The molecule has 0 spiro atoms. The van der Waals surface area contributed by atoms with Gasteiger partial charge in [0.25, 0.3) is 0 Å². The molecular weight excluding hydrogens is 402 g/mol. The monoisotopic (exact) mass is 445 g/mol. The second kappa shape index (κ2) is 18.8. The highest BCUT2D eigenvalue weighted by molar-refractivity contribution is 5.87. The molecule has 0 saturated carbocycles. The van der Waals surface area contributed by atoms with E-state index in [0.29, 0.717) is 39.0 Å². The molecule has 0 aromatic carbocycles. The van der Waals surface area contributed by atoms with Gasteiger partial charge in [0.1, 0.15) is 6.61 Å². The van der Waals surface area contributed by atoms with Crippen LogP contribution in [-0.4, -0.2) is 74.2 Å². The fourth-order valence-corrected chi connectivity index (χ4v) is 3.12. The summed E-state index contributed by atoms with van der Waals surface area (Å²) in [4.78, 5) is 37.9. The van der Waals surface area contributed by atoms with E-state index in [1.54, 1.807) is 0 Å². The van der Waals surface area contributed by atoms with Crippen LogP contribution < -0.4 is 34.0 Å². The molecule has 0 aromatic rings. The van der Waals surface area contributed by atoms with Crippen LogP contribution in [-0.2, 0) is 14.3 Å². The van der Waals surface area contributed by atoms with Gasteiger partial charge in [-0.2, -0.15) is 0 Å². The first-order chi connectivity index (χ1) is 14.8. The Bertz CT molecular complexity index is 508. The number of hydrogen-bond acceptors (Lipinski definition) is 8. The summed E-state index contributed by atoms with van der Waals surface area (Å²) in [6.45, 7) is 1.93. The second-order valence-electron chi connectivity index (χ2n) is 7.68. The Morgan fingerprint density at radius 3 is 2.00 bits per heavy atom. The summed E-state index contributed by atoms with van der Waals surface area (Å²) >= 11 is 0. The van der Waals surface area contributed by atoms with Crippen molar-refractivity contribution in [2.24, 2.45) is 28.7 Å². The highest BCUT2D eigenvalue weighted by Crippen LogP contribution is 2.07. The van der Waals surface area contributed by atoms with E-state index in [9.17, 15) is 14.4 Å². The fraction of sp³-hybridized carbons (Fsp3) is 0.850. The van der Waals surface area contributed by atoms with Gasteiger partial charge in [0.2, 0.25) is 11.8 Å². The highest BCUT2D eigenvalue weighted by Gasteiger charge is 2.24. The zero-order valence-corrected chi connectivity index (χ0v) is 18.7. The smallest absolute Gasteiger partial charge is 0.404 e. The van der Waals surface area contributed by atoms with Crippen molar-refractivity contribution in [3.05, 3.63) is 0 Å². The van der Waals surface area contributed by atoms with Crippen molar-refractivity contribution in [1.29, 1.82) is 0 Å². The average molecular weight is 446 g/mol. The van der Waals surface area contributed by atoms with E-state index in [4.69, 9.17) is 33.4 Å². The van der Waals surface area contributed by atoms with E-state index in [0.717, 1.165) is 44.9 Å². The number of carbonyl (C=O) groups excluding carboxylic acids is 3. The molecule has 0 radical (unpaired) electrons. The second-order valence-corrected chi connectivity index (χ2v) is 7.68. The lowest BCUT2D eigenvalue weighted by Gasteiger charge is -2.27. The van der Waals surface area contributed by atoms with Crippen LogP contribution in [0.4, 0.5) is 4.79 Å².